The highest BCUT2D eigenvalue weighted by Crippen LogP contribution is 2.42. The molecule has 7 heteroatoms. The second-order valence-corrected chi connectivity index (χ2v) is 10.6. The van der Waals surface area contributed by atoms with Gasteiger partial charge in [-0.15, -0.1) is 0 Å². The number of aldehydes is 1. The average Bonchev–Trinajstić information content (AvgIpc) is 2.57. The van der Waals surface area contributed by atoms with Crippen molar-refractivity contribution < 1.29 is 18.0 Å². The Bertz CT molecular complexity index is 760. The summed E-state index contributed by atoms with van der Waals surface area (Å²) in [7, 11) is -3.27. The molecule has 1 amide bonds. The number of benzene rings is 1. The van der Waals surface area contributed by atoms with Crippen LogP contribution in [-0.2, 0) is 19.4 Å². The van der Waals surface area contributed by atoms with Crippen molar-refractivity contribution in [3.05, 3.63) is 34.9 Å². The van der Waals surface area contributed by atoms with Gasteiger partial charge in [-0.05, 0) is 44.4 Å². The molecular formula is C19H26ClNO4S. The summed E-state index contributed by atoms with van der Waals surface area (Å²) >= 11 is 5.96. The number of nitrogens with zero attached hydrogens (tertiary/aromatic N) is 1. The van der Waals surface area contributed by atoms with Gasteiger partial charge in [0.15, 0.2) is 9.84 Å². The van der Waals surface area contributed by atoms with Crippen molar-refractivity contribution in [1.82, 2.24) is 4.90 Å². The van der Waals surface area contributed by atoms with Gasteiger partial charge in [0.1, 0.15) is 6.29 Å². The summed E-state index contributed by atoms with van der Waals surface area (Å²) in [5.74, 6) is -0.243. The van der Waals surface area contributed by atoms with Crippen LogP contribution in [0.4, 0.5) is 0 Å². The van der Waals surface area contributed by atoms with Crippen molar-refractivity contribution in [2.75, 3.05) is 12.3 Å². The van der Waals surface area contributed by atoms with Crippen LogP contribution in [0.5, 0.6) is 0 Å². The molecular weight excluding hydrogens is 374 g/mol. The molecule has 1 aliphatic rings. The van der Waals surface area contributed by atoms with Gasteiger partial charge < -0.3 is 9.69 Å². The Hall–Kier alpha value is -1.40. The Morgan fingerprint density at radius 3 is 2.46 bits per heavy atom. The highest BCUT2D eigenvalue weighted by molar-refractivity contribution is 7.92. The maximum Gasteiger partial charge on any atom is 0.229 e. The van der Waals surface area contributed by atoms with E-state index in [1.54, 1.807) is 37.8 Å². The van der Waals surface area contributed by atoms with Crippen LogP contribution in [0.15, 0.2) is 24.3 Å². The molecule has 0 radical (unpaired) electrons. The van der Waals surface area contributed by atoms with E-state index in [2.05, 4.69) is 0 Å². The van der Waals surface area contributed by atoms with E-state index in [1.807, 2.05) is 12.1 Å². The minimum atomic E-state index is -3.27. The number of carbonyl (C=O) groups is 2. The van der Waals surface area contributed by atoms with Crippen molar-refractivity contribution in [3.63, 3.8) is 0 Å². The Morgan fingerprint density at radius 1 is 1.31 bits per heavy atom. The van der Waals surface area contributed by atoms with E-state index in [1.165, 1.54) is 0 Å². The molecule has 26 heavy (non-hydrogen) atoms. The largest absolute Gasteiger partial charge is 0.334 e. The number of halogens is 1. The predicted octanol–water partition coefficient (Wildman–Crippen LogP) is 3.42. The van der Waals surface area contributed by atoms with Gasteiger partial charge in [0.2, 0.25) is 5.91 Å². The monoisotopic (exact) mass is 399 g/mol. The Kier molecular flexibility index (Phi) is 6.51. The van der Waals surface area contributed by atoms with Crippen LogP contribution in [0, 0.1) is 5.41 Å². The second kappa shape index (κ2) is 8.09. The fraction of sp³-hybridized carbons (Fsp3) is 0.579. The first-order valence-electron chi connectivity index (χ1n) is 8.82. The quantitative estimate of drug-likeness (QED) is 0.658. The number of sulfone groups is 1. The number of amides is 1. The fourth-order valence-corrected chi connectivity index (χ4v) is 4.38. The topological polar surface area (TPSA) is 71.5 Å². The summed E-state index contributed by atoms with van der Waals surface area (Å²) < 4.78 is 24.5. The summed E-state index contributed by atoms with van der Waals surface area (Å²) in [5, 5.41) is 0.119. The van der Waals surface area contributed by atoms with Crippen LogP contribution < -0.4 is 0 Å². The number of hydrogen-bond donors (Lipinski definition) is 0. The first-order chi connectivity index (χ1) is 12.1. The summed E-state index contributed by atoms with van der Waals surface area (Å²) in [4.78, 5) is 25.8. The van der Waals surface area contributed by atoms with E-state index in [9.17, 15) is 18.0 Å². The number of carbonyl (C=O) groups excluding carboxylic acids is 2. The lowest BCUT2D eigenvalue weighted by Crippen LogP contribution is -2.50. The molecule has 0 aromatic heterocycles. The molecule has 0 aliphatic carbocycles. The summed E-state index contributed by atoms with van der Waals surface area (Å²) in [5.41, 5.74) is 0.157. The molecule has 1 saturated heterocycles. The molecule has 1 aliphatic heterocycles. The van der Waals surface area contributed by atoms with E-state index >= 15 is 0 Å². The molecule has 1 fully saturated rings. The molecule has 1 heterocycles. The minimum Gasteiger partial charge on any atom is -0.334 e. The van der Waals surface area contributed by atoms with E-state index in [0.717, 1.165) is 11.8 Å². The molecule has 1 aromatic carbocycles. The molecule has 2 rings (SSSR count). The fourth-order valence-electron chi connectivity index (χ4n) is 3.33. The van der Waals surface area contributed by atoms with Crippen LogP contribution in [0.25, 0.3) is 0 Å². The molecule has 0 bridgehead atoms. The summed E-state index contributed by atoms with van der Waals surface area (Å²) in [6.07, 6.45) is 2.18. The molecule has 144 valence electrons. The highest BCUT2D eigenvalue weighted by Gasteiger charge is 2.44. The first-order valence-corrected chi connectivity index (χ1v) is 10.9. The Morgan fingerprint density at radius 2 is 1.92 bits per heavy atom. The zero-order valence-corrected chi connectivity index (χ0v) is 17.0. The lowest BCUT2D eigenvalue weighted by atomic mass is 9.75. The standard InChI is InChI=1S/C19H26ClNO4S/c1-14(2)26(24,25)13-11-21-17(15-4-6-16(20)7-5-15)8-9-19(3,10-12-22)18(21)23/h4-7,12,14,17H,8-11,13H2,1-3H3/t17?,19-/m1/s1. The third kappa shape index (κ3) is 4.46. The van der Waals surface area contributed by atoms with Gasteiger partial charge in [0.25, 0.3) is 0 Å². The van der Waals surface area contributed by atoms with Crippen molar-refractivity contribution in [2.45, 2.75) is 51.3 Å². The lowest BCUT2D eigenvalue weighted by molar-refractivity contribution is -0.150. The zero-order chi connectivity index (χ0) is 19.5. The number of rotatable bonds is 7. The van der Waals surface area contributed by atoms with E-state index in [4.69, 9.17) is 11.6 Å². The SMILES string of the molecule is CC(C)S(=O)(=O)CCN1C(=O)[C@@](C)(CC=O)CCC1c1ccc(Cl)cc1. The Balaban J connectivity index is 2.32. The van der Waals surface area contributed by atoms with Crippen molar-refractivity contribution in [2.24, 2.45) is 5.41 Å². The predicted molar refractivity (Wildman–Crippen MR) is 103 cm³/mol. The van der Waals surface area contributed by atoms with Gasteiger partial charge in [0.05, 0.1) is 22.5 Å². The van der Waals surface area contributed by atoms with Crippen LogP contribution in [0.1, 0.15) is 51.6 Å². The van der Waals surface area contributed by atoms with Crippen molar-refractivity contribution in [3.8, 4) is 0 Å². The van der Waals surface area contributed by atoms with Crippen LogP contribution in [0.2, 0.25) is 5.02 Å². The second-order valence-electron chi connectivity index (χ2n) is 7.45. The molecule has 2 atom stereocenters. The molecule has 1 unspecified atom stereocenters. The summed E-state index contributed by atoms with van der Waals surface area (Å²) in [6.45, 7) is 5.19. The average molecular weight is 400 g/mol. The van der Waals surface area contributed by atoms with E-state index in [0.29, 0.717) is 17.9 Å². The van der Waals surface area contributed by atoms with E-state index < -0.39 is 20.5 Å². The third-order valence-corrected chi connectivity index (χ3v) is 7.69. The first kappa shape index (κ1) is 20.9. The molecule has 1 aromatic rings. The summed E-state index contributed by atoms with van der Waals surface area (Å²) in [6, 6.07) is 7.06. The van der Waals surface area contributed by atoms with Crippen molar-refractivity contribution >= 4 is 33.6 Å². The molecule has 0 spiro atoms. The zero-order valence-electron chi connectivity index (χ0n) is 15.4. The third-order valence-electron chi connectivity index (χ3n) is 5.25. The maximum atomic E-state index is 13.1. The molecule has 0 N–H and O–H groups in total. The maximum absolute atomic E-state index is 13.1. The normalized spacial score (nSPS) is 24.1. The van der Waals surface area contributed by atoms with Gasteiger partial charge in [-0.1, -0.05) is 30.7 Å². The van der Waals surface area contributed by atoms with Gasteiger partial charge in [-0.3, -0.25) is 4.79 Å². The van der Waals surface area contributed by atoms with Crippen LogP contribution in [-0.4, -0.2) is 43.1 Å². The molecule has 0 saturated carbocycles. The number of hydrogen-bond acceptors (Lipinski definition) is 4. The smallest absolute Gasteiger partial charge is 0.229 e. The number of piperidine rings is 1. The van der Waals surface area contributed by atoms with Gasteiger partial charge in [-0.25, -0.2) is 8.42 Å². The van der Waals surface area contributed by atoms with Gasteiger partial charge in [0, 0.05) is 18.0 Å². The van der Waals surface area contributed by atoms with Gasteiger partial charge in [-0.2, -0.15) is 0 Å². The molecule has 5 nitrogen and oxygen atoms in total. The highest BCUT2D eigenvalue weighted by atomic mass is 35.5. The van der Waals surface area contributed by atoms with Crippen LogP contribution in [0.3, 0.4) is 0 Å². The van der Waals surface area contributed by atoms with Crippen LogP contribution >= 0.6 is 11.6 Å². The minimum absolute atomic E-state index is 0.0856. The Labute approximate surface area is 160 Å². The van der Waals surface area contributed by atoms with Gasteiger partial charge >= 0.3 is 0 Å². The van der Waals surface area contributed by atoms with E-state index in [-0.39, 0.29) is 30.7 Å². The lowest BCUT2D eigenvalue weighted by Gasteiger charge is -2.44. The van der Waals surface area contributed by atoms with Crippen molar-refractivity contribution in [1.29, 1.82) is 0 Å². The number of likely N-dealkylation sites (tertiary alicyclic amines) is 1.